The molecule has 1 amide bonds. The lowest BCUT2D eigenvalue weighted by atomic mass is 9.95. The van der Waals surface area contributed by atoms with E-state index in [1.54, 1.807) is 18.3 Å². The van der Waals surface area contributed by atoms with E-state index in [0.29, 0.717) is 16.6 Å². The average Bonchev–Trinajstić information content (AvgIpc) is 2.30. The van der Waals surface area contributed by atoms with Crippen LogP contribution in [-0.2, 0) is 0 Å². The van der Waals surface area contributed by atoms with Gasteiger partial charge in [-0.15, -0.1) is 0 Å². The molecule has 1 aromatic rings. The minimum absolute atomic E-state index is 0.151. The Morgan fingerprint density at radius 2 is 2.12 bits per heavy atom. The molecule has 0 bridgehead atoms. The smallest absolute Gasteiger partial charge is 0.270 e. The summed E-state index contributed by atoms with van der Waals surface area (Å²) in [5, 5.41) is 3.49. The highest BCUT2D eigenvalue weighted by atomic mass is 35.5. The van der Waals surface area contributed by atoms with Crippen molar-refractivity contribution in [3.05, 3.63) is 29.0 Å². The normalized spacial score (nSPS) is 12.5. The summed E-state index contributed by atoms with van der Waals surface area (Å²) in [5.74, 6) is 0.338. The first-order chi connectivity index (χ1) is 8.08. The monoisotopic (exact) mass is 254 g/mol. The van der Waals surface area contributed by atoms with E-state index in [-0.39, 0.29) is 11.9 Å². The number of hydrogen-bond donors (Lipinski definition) is 1. The van der Waals surface area contributed by atoms with Crippen molar-refractivity contribution in [2.75, 3.05) is 0 Å². The third kappa shape index (κ3) is 4.00. The number of rotatable bonds is 5. The fraction of sp³-hybridized carbons (Fsp3) is 0.538. The van der Waals surface area contributed by atoms with Crippen molar-refractivity contribution in [3.8, 4) is 0 Å². The first-order valence-corrected chi connectivity index (χ1v) is 6.38. The van der Waals surface area contributed by atoms with Crippen molar-refractivity contribution in [3.63, 3.8) is 0 Å². The highest BCUT2D eigenvalue weighted by molar-refractivity contribution is 6.30. The zero-order chi connectivity index (χ0) is 12.8. The van der Waals surface area contributed by atoms with E-state index >= 15 is 0 Å². The lowest BCUT2D eigenvalue weighted by Crippen LogP contribution is -2.38. The molecule has 0 spiro atoms. The first-order valence-electron chi connectivity index (χ1n) is 6.00. The molecule has 4 heteroatoms. The fourth-order valence-corrected chi connectivity index (χ4v) is 2.08. The van der Waals surface area contributed by atoms with Crippen LogP contribution in [0.3, 0.4) is 0 Å². The molecule has 1 rings (SSSR count). The Morgan fingerprint density at radius 3 is 2.65 bits per heavy atom. The number of carbonyl (C=O) groups is 1. The SMILES string of the molecule is CCC(CC)C(C)NC(=O)c1cc(Cl)ccn1. The average molecular weight is 255 g/mol. The van der Waals surface area contributed by atoms with E-state index in [4.69, 9.17) is 11.6 Å². The number of hydrogen-bond acceptors (Lipinski definition) is 2. The summed E-state index contributed by atoms with van der Waals surface area (Å²) in [7, 11) is 0. The molecule has 17 heavy (non-hydrogen) atoms. The maximum atomic E-state index is 11.9. The van der Waals surface area contributed by atoms with Crippen LogP contribution >= 0.6 is 11.6 Å². The van der Waals surface area contributed by atoms with E-state index in [2.05, 4.69) is 24.1 Å². The minimum atomic E-state index is -0.160. The van der Waals surface area contributed by atoms with Gasteiger partial charge in [-0.25, -0.2) is 0 Å². The second-order valence-electron chi connectivity index (χ2n) is 4.20. The van der Waals surface area contributed by atoms with Crippen molar-refractivity contribution < 1.29 is 4.79 Å². The Hall–Kier alpha value is -1.09. The van der Waals surface area contributed by atoms with E-state index in [9.17, 15) is 4.79 Å². The molecule has 0 aliphatic carbocycles. The molecule has 0 radical (unpaired) electrons. The minimum Gasteiger partial charge on any atom is -0.348 e. The van der Waals surface area contributed by atoms with Gasteiger partial charge in [0.15, 0.2) is 0 Å². The molecule has 1 heterocycles. The van der Waals surface area contributed by atoms with E-state index in [1.165, 1.54) is 0 Å². The second kappa shape index (κ2) is 6.60. The summed E-state index contributed by atoms with van der Waals surface area (Å²) in [5.41, 5.74) is 0.371. The van der Waals surface area contributed by atoms with Crippen LogP contribution in [0.2, 0.25) is 5.02 Å². The number of nitrogens with zero attached hydrogens (tertiary/aromatic N) is 1. The number of halogens is 1. The van der Waals surface area contributed by atoms with Crippen LogP contribution in [-0.4, -0.2) is 16.9 Å². The largest absolute Gasteiger partial charge is 0.348 e. The lowest BCUT2D eigenvalue weighted by Gasteiger charge is -2.22. The molecule has 0 aromatic carbocycles. The molecule has 1 N–H and O–H groups in total. The summed E-state index contributed by atoms with van der Waals surface area (Å²) in [4.78, 5) is 15.9. The van der Waals surface area contributed by atoms with Gasteiger partial charge >= 0.3 is 0 Å². The number of carbonyl (C=O) groups excluding carboxylic acids is 1. The molecular weight excluding hydrogens is 236 g/mol. The van der Waals surface area contributed by atoms with Gasteiger partial charge in [-0.2, -0.15) is 0 Å². The number of amides is 1. The maximum Gasteiger partial charge on any atom is 0.270 e. The highest BCUT2D eigenvalue weighted by Gasteiger charge is 2.17. The molecule has 0 saturated heterocycles. The van der Waals surface area contributed by atoms with Crippen LogP contribution in [0, 0.1) is 5.92 Å². The van der Waals surface area contributed by atoms with Crippen LogP contribution in [0.25, 0.3) is 0 Å². The van der Waals surface area contributed by atoms with Gasteiger partial charge < -0.3 is 5.32 Å². The van der Waals surface area contributed by atoms with Gasteiger partial charge in [-0.1, -0.05) is 38.3 Å². The van der Waals surface area contributed by atoms with Crippen LogP contribution in [0.4, 0.5) is 0 Å². The standard InChI is InChI=1S/C13H19ClN2O/c1-4-10(5-2)9(3)16-13(17)12-8-11(14)6-7-15-12/h6-10H,4-5H2,1-3H3,(H,16,17). The van der Waals surface area contributed by atoms with Gasteiger partial charge in [0.05, 0.1) is 0 Å². The van der Waals surface area contributed by atoms with Crippen LogP contribution in [0.5, 0.6) is 0 Å². The summed E-state index contributed by atoms with van der Waals surface area (Å²) >= 11 is 5.82. The quantitative estimate of drug-likeness (QED) is 0.876. The second-order valence-corrected chi connectivity index (χ2v) is 4.63. The van der Waals surface area contributed by atoms with Gasteiger partial charge in [0.2, 0.25) is 0 Å². The van der Waals surface area contributed by atoms with Crippen molar-refractivity contribution in [2.24, 2.45) is 5.92 Å². The number of pyridine rings is 1. The maximum absolute atomic E-state index is 11.9. The molecular formula is C13H19ClN2O. The van der Waals surface area contributed by atoms with E-state index in [0.717, 1.165) is 12.8 Å². The Kier molecular flexibility index (Phi) is 5.42. The van der Waals surface area contributed by atoms with Gasteiger partial charge in [0.1, 0.15) is 5.69 Å². The topological polar surface area (TPSA) is 42.0 Å². The van der Waals surface area contributed by atoms with Crippen molar-refractivity contribution >= 4 is 17.5 Å². The van der Waals surface area contributed by atoms with Crippen molar-refractivity contribution in [1.29, 1.82) is 0 Å². The van der Waals surface area contributed by atoms with Crippen LogP contribution < -0.4 is 5.32 Å². The van der Waals surface area contributed by atoms with Gasteiger partial charge in [-0.3, -0.25) is 9.78 Å². The molecule has 0 saturated carbocycles. The lowest BCUT2D eigenvalue weighted by molar-refractivity contribution is 0.0920. The summed E-state index contributed by atoms with van der Waals surface area (Å²) in [6.45, 7) is 6.29. The molecule has 3 nitrogen and oxygen atoms in total. The third-order valence-corrected chi connectivity index (χ3v) is 3.30. The van der Waals surface area contributed by atoms with Crippen LogP contribution in [0.15, 0.2) is 18.3 Å². The van der Waals surface area contributed by atoms with E-state index in [1.807, 2.05) is 6.92 Å². The summed E-state index contributed by atoms with van der Waals surface area (Å²) in [6, 6.07) is 3.39. The third-order valence-electron chi connectivity index (χ3n) is 3.07. The molecule has 1 atom stereocenters. The van der Waals surface area contributed by atoms with Crippen molar-refractivity contribution in [1.82, 2.24) is 10.3 Å². The Labute approximate surface area is 108 Å². The molecule has 1 aromatic heterocycles. The van der Waals surface area contributed by atoms with Gasteiger partial charge in [0, 0.05) is 17.3 Å². The molecule has 0 aliphatic heterocycles. The Bertz CT molecular complexity index is 377. The predicted octanol–water partition coefficient (Wildman–Crippen LogP) is 3.29. The molecule has 0 fully saturated rings. The summed E-state index contributed by atoms with van der Waals surface area (Å²) < 4.78 is 0. The zero-order valence-corrected chi connectivity index (χ0v) is 11.3. The summed E-state index contributed by atoms with van der Waals surface area (Å²) in [6.07, 6.45) is 3.65. The highest BCUT2D eigenvalue weighted by Crippen LogP contribution is 2.13. The fourth-order valence-electron chi connectivity index (χ4n) is 1.92. The van der Waals surface area contributed by atoms with Crippen molar-refractivity contribution in [2.45, 2.75) is 39.7 Å². The number of nitrogens with one attached hydrogen (secondary N) is 1. The van der Waals surface area contributed by atoms with Gasteiger partial charge in [-0.05, 0) is 25.0 Å². The Morgan fingerprint density at radius 1 is 1.47 bits per heavy atom. The molecule has 0 aliphatic rings. The van der Waals surface area contributed by atoms with E-state index < -0.39 is 0 Å². The first kappa shape index (κ1) is 14.0. The zero-order valence-electron chi connectivity index (χ0n) is 10.5. The van der Waals surface area contributed by atoms with Gasteiger partial charge in [0.25, 0.3) is 5.91 Å². The predicted molar refractivity (Wildman–Crippen MR) is 70.2 cm³/mol. The molecule has 1 unspecified atom stereocenters. The van der Waals surface area contributed by atoms with Crippen LogP contribution in [0.1, 0.15) is 44.1 Å². The molecule has 94 valence electrons. The Balaban J connectivity index is 2.66. The number of aromatic nitrogens is 1.